The molecule has 0 saturated heterocycles. The summed E-state index contributed by atoms with van der Waals surface area (Å²) in [5.74, 6) is 1.18. The zero-order chi connectivity index (χ0) is 21.0. The van der Waals surface area contributed by atoms with Crippen molar-refractivity contribution in [1.29, 1.82) is 0 Å². The van der Waals surface area contributed by atoms with Crippen molar-refractivity contribution in [2.75, 3.05) is 18.0 Å². The number of hydrogen-bond donors (Lipinski definition) is 0. The summed E-state index contributed by atoms with van der Waals surface area (Å²) in [5, 5.41) is 0. The van der Waals surface area contributed by atoms with Gasteiger partial charge in [-0.1, -0.05) is 18.2 Å². The highest BCUT2D eigenvalue weighted by Crippen LogP contribution is 2.56. The Morgan fingerprint density at radius 1 is 0.833 bits per heavy atom. The Balaban J connectivity index is 1.82. The molecular formula is C26H25NO3. The van der Waals surface area contributed by atoms with Crippen molar-refractivity contribution in [2.24, 2.45) is 0 Å². The third-order valence-electron chi connectivity index (χ3n) is 6.44. The Hall–Kier alpha value is -3.27. The summed E-state index contributed by atoms with van der Waals surface area (Å²) in [7, 11) is 0. The molecule has 4 heteroatoms. The maximum Gasteiger partial charge on any atom is 0.340 e. The summed E-state index contributed by atoms with van der Waals surface area (Å²) < 4.78 is 12.6. The minimum atomic E-state index is -0.989. The monoisotopic (exact) mass is 399 g/mol. The van der Waals surface area contributed by atoms with E-state index in [0.29, 0.717) is 5.56 Å². The van der Waals surface area contributed by atoms with Gasteiger partial charge in [-0.05, 0) is 69.2 Å². The fraction of sp³-hybridized carbons (Fsp3) is 0.269. The predicted molar refractivity (Wildman–Crippen MR) is 118 cm³/mol. The Morgan fingerprint density at radius 2 is 1.53 bits per heavy atom. The van der Waals surface area contributed by atoms with E-state index < -0.39 is 5.60 Å². The highest BCUT2D eigenvalue weighted by molar-refractivity contribution is 5.97. The second-order valence-corrected chi connectivity index (χ2v) is 8.00. The second-order valence-electron chi connectivity index (χ2n) is 8.00. The van der Waals surface area contributed by atoms with Gasteiger partial charge in [0.05, 0.1) is 5.56 Å². The highest BCUT2D eigenvalue weighted by Gasteiger charge is 2.53. The molecule has 2 aliphatic rings. The molecule has 0 bridgehead atoms. The van der Waals surface area contributed by atoms with Crippen molar-refractivity contribution in [3.63, 3.8) is 0 Å². The molecule has 0 fully saturated rings. The first-order chi connectivity index (χ1) is 14.5. The van der Waals surface area contributed by atoms with Crippen LogP contribution in [-0.4, -0.2) is 19.1 Å². The Morgan fingerprint density at radius 3 is 2.30 bits per heavy atom. The summed E-state index contributed by atoms with van der Waals surface area (Å²) >= 11 is 0. The third-order valence-corrected chi connectivity index (χ3v) is 6.44. The SMILES string of the molecule is CCN(CC)c1ccc2c(c1)Oc1cc(C)c(C)cc1C21OC(=O)c2ccccc21. The fourth-order valence-corrected chi connectivity index (χ4v) is 4.70. The van der Waals surface area contributed by atoms with Crippen LogP contribution in [0.1, 0.15) is 52.0 Å². The van der Waals surface area contributed by atoms with Crippen LogP contribution < -0.4 is 9.64 Å². The number of carbonyl (C=O) groups is 1. The molecular weight excluding hydrogens is 374 g/mol. The van der Waals surface area contributed by atoms with Gasteiger partial charge in [-0.25, -0.2) is 4.79 Å². The van der Waals surface area contributed by atoms with Crippen LogP contribution in [0.3, 0.4) is 0 Å². The molecule has 2 heterocycles. The summed E-state index contributed by atoms with van der Waals surface area (Å²) in [4.78, 5) is 15.2. The van der Waals surface area contributed by atoms with Crippen LogP contribution in [0.25, 0.3) is 0 Å². The van der Waals surface area contributed by atoms with Crippen molar-refractivity contribution in [3.8, 4) is 11.5 Å². The standard InChI is InChI=1S/C26H25NO3/c1-5-27(6-2)18-11-12-21-24(15-18)29-23-14-17(4)16(3)13-22(23)26(21)20-10-8-7-9-19(20)25(28)30-26/h7-15H,5-6H2,1-4H3. The molecule has 0 N–H and O–H groups in total. The van der Waals surface area contributed by atoms with Gasteiger partial charge in [0, 0.05) is 41.5 Å². The third kappa shape index (κ3) is 2.43. The zero-order valence-corrected chi connectivity index (χ0v) is 17.8. The number of nitrogens with zero attached hydrogens (tertiary/aromatic N) is 1. The van der Waals surface area contributed by atoms with E-state index in [1.54, 1.807) is 0 Å². The summed E-state index contributed by atoms with van der Waals surface area (Å²) in [5.41, 5.74) is 5.63. The number of rotatable bonds is 3. The smallest absolute Gasteiger partial charge is 0.340 e. The lowest BCUT2D eigenvalue weighted by molar-refractivity contribution is 0.0224. The minimum absolute atomic E-state index is 0.296. The average Bonchev–Trinajstić information content (AvgIpc) is 3.04. The van der Waals surface area contributed by atoms with Crippen LogP contribution in [-0.2, 0) is 10.3 Å². The number of anilines is 1. The minimum Gasteiger partial charge on any atom is -0.456 e. The van der Waals surface area contributed by atoms with Gasteiger partial charge in [-0.3, -0.25) is 0 Å². The van der Waals surface area contributed by atoms with Crippen LogP contribution >= 0.6 is 0 Å². The van der Waals surface area contributed by atoms with Gasteiger partial charge in [0.1, 0.15) is 11.5 Å². The first-order valence-electron chi connectivity index (χ1n) is 10.5. The average molecular weight is 399 g/mol. The first-order valence-corrected chi connectivity index (χ1v) is 10.5. The van der Waals surface area contributed by atoms with E-state index in [1.165, 1.54) is 0 Å². The van der Waals surface area contributed by atoms with Gasteiger partial charge in [-0.15, -0.1) is 0 Å². The highest BCUT2D eigenvalue weighted by atomic mass is 16.6. The first kappa shape index (κ1) is 18.7. The molecule has 152 valence electrons. The normalized spacial score (nSPS) is 18.3. The number of aryl methyl sites for hydroxylation is 2. The summed E-state index contributed by atoms with van der Waals surface area (Å²) in [6.07, 6.45) is 0. The molecule has 1 spiro atoms. The quantitative estimate of drug-likeness (QED) is 0.528. The van der Waals surface area contributed by atoms with Gasteiger partial charge < -0.3 is 14.4 Å². The molecule has 4 nitrogen and oxygen atoms in total. The van der Waals surface area contributed by atoms with Crippen molar-refractivity contribution in [1.82, 2.24) is 0 Å². The van der Waals surface area contributed by atoms with Gasteiger partial charge in [-0.2, -0.15) is 0 Å². The van der Waals surface area contributed by atoms with Crippen molar-refractivity contribution >= 4 is 11.7 Å². The molecule has 1 unspecified atom stereocenters. The van der Waals surface area contributed by atoms with E-state index in [2.05, 4.69) is 56.9 Å². The number of fused-ring (bicyclic) bond motifs is 6. The second kappa shape index (κ2) is 6.63. The van der Waals surface area contributed by atoms with Crippen LogP contribution in [0.15, 0.2) is 54.6 Å². The molecule has 3 aromatic carbocycles. The molecule has 2 aliphatic heterocycles. The van der Waals surface area contributed by atoms with E-state index in [0.717, 1.165) is 58.1 Å². The van der Waals surface area contributed by atoms with Gasteiger partial charge >= 0.3 is 5.97 Å². The number of esters is 1. The van der Waals surface area contributed by atoms with Gasteiger partial charge in [0.15, 0.2) is 5.60 Å². The molecule has 0 aromatic heterocycles. The number of hydrogen-bond acceptors (Lipinski definition) is 4. The van der Waals surface area contributed by atoms with Crippen molar-refractivity contribution in [2.45, 2.75) is 33.3 Å². The van der Waals surface area contributed by atoms with E-state index in [9.17, 15) is 4.79 Å². The van der Waals surface area contributed by atoms with Crippen molar-refractivity contribution < 1.29 is 14.3 Å². The molecule has 3 aromatic rings. The molecule has 30 heavy (non-hydrogen) atoms. The lowest BCUT2D eigenvalue weighted by Crippen LogP contribution is -2.33. The molecule has 0 saturated carbocycles. The van der Waals surface area contributed by atoms with Crippen LogP contribution in [0.5, 0.6) is 11.5 Å². The number of ether oxygens (including phenoxy) is 2. The van der Waals surface area contributed by atoms with Gasteiger partial charge in [0.2, 0.25) is 0 Å². The van der Waals surface area contributed by atoms with Gasteiger partial charge in [0.25, 0.3) is 0 Å². The van der Waals surface area contributed by atoms with Crippen LogP contribution in [0.2, 0.25) is 0 Å². The Bertz CT molecular complexity index is 1180. The maximum absolute atomic E-state index is 12.9. The van der Waals surface area contributed by atoms with E-state index in [4.69, 9.17) is 9.47 Å². The number of carbonyl (C=O) groups excluding carboxylic acids is 1. The molecule has 1 atom stereocenters. The van der Waals surface area contributed by atoms with Crippen molar-refractivity contribution in [3.05, 3.63) is 88.0 Å². The Labute approximate surface area is 177 Å². The van der Waals surface area contributed by atoms with E-state index in [1.807, 2.05) is 30.3 Å². The van der Waals surface area contributed by atoms with Crippen LogP contribution in [0, 0.1) is 13.8 Å². The predicted octanol–water partition coefficient (Wildman–Crippen LogP) is 5.72. The number of benzene rings is 3. The lowest BCUT2D eigenvalue weighted by atomic mass is 9.77. The largest absolute Gasteiger partial charge is 0.456 e. The lowest BCUT2D eigenvalue weighted by Gasteiger charge is -2.37. The fourth-order valence-electron chi connectivity index (χ4n) is 4.70. The summed E-state index contributed by atoms with van der Waals surface area (Å²) in [6.45, 7) is 10.2. The molecule has 0 radical (unpaired) electrons. The molecule has 0 aliphatic carbocycles. The zero-order valence-electron chi connectivity index (χ0n) is 17.8. The molecule has 0 amide bonds. The van der Waals surface area contributed by atoms with E-state index in [-0.39, 0.29) is 5.97 Å². The Kier molecular flexibility index (Phi) is 4.14. The summed E-state index contributed by atoms with van der Waals surface area (Å²) in [6, 6.07) is 18.0. The van der Waals surface area contributed by atoms with E-state index >= 15 is 0 Å². The molecule has 5 rings (SSSR count). The maximum atomic E-state index is 12.9. The van der Waals surface area contributed by atoms with Crippen LogP contribution in [0.4, 0.5) is 5.69 Å². The topological polar surface area (TPSA) is 38.8 Å².